The molecule has 0 aromatic heterocycles. The molecule has 0 radical (unpaired) electrons. The van der Waals surface area contributed by atoms with Gasteiger partial charge in [0, 0.05) is 31.2 Å². The fourth-order valence-corrected chi connectivity index (χ4v) is 2.99. The SMILES string of the molecule is CCc1cccc(C)c1NC(=O)CCN(Cc1ccccc1)C(C)C. The molecule has 0 aliphatic rings. The van der Waals surface area contributed by atoms with E-state index < -0.39 is 0 Å². The lowest BCUT2D eigenvalue weighted by Gasteiger charge is -2.26. The van der Waals surface area contributed by atoms with E-state index in [1.54, 1.807) is 0 Å². The monoisotopic (exact) mass is 338 g/mol. The quantitative estimate of drug-likeness (QED) is 0.750. The zero-order chi connectivity index (χ0) is 18.2. The van der Waals surface area contributed by atoms with E-state index in [9.17, 15) is 4.79 Å². The van der Waals surface area contributed by atoms with E-state index in [1.807, 2.05) is 25.1 Å². The van der Waals surface area contributed by atoms with Crippen LogP contribution in [0.15, 0.2) is 48.5 Å². The van der Waals surface area contributed by atoms with Crippen molar-refractivity contribution in [3.8, 4) is 0 Å². The Morgan fingerprint density at radius 3 is 2.44 bits per heavy atom. The Morgan fingerprint density at radius 2 is 1.80 bits per heavy atom. The highest BCUT2D eigenvalue weighted by atomic mass is 16.1. The molecule has 1 amide bonds. The Bertz CT molecular complexity index is 680. The third-order valence-corrected chi connectivity index (χ3v) is 4.59. The molecule has 0 heterocycles. The normalized spacial score (nSPS) is 11.1. The van der Waals surface area contributed by atoms with Gasteiger partial charge in [-0.05, 0) is 43.9 Å². The van der Waals surface area contributed by atoms with Crippen LogP contribution in [0.5, 0.6) is 0 Å². The van der Waals surface area contributed by atoms with Crippen LogP contribution in [0.4, 0.5) is 5.69 Å². The third-order valence-electron chi connectivity index (χ3n) is 4.59. The van der Waals surface area contributed by atoms with Crippen LogP contribution in [0.1, 0.15) is 43.9 Å². The van der Waals surface area contributed by atoms with Gasteiger partial charge in [0.1, 0.15) is 0 Å². The molecule has 0 saturated heterocycles. The molecule has 0 saturated carbocycles. The summed E-state index contributed by atoms with van der Waals surface area (Å²) in [5.41, 5.74) is 4.58. The average Bonchev–Trinajstić information content (AvgIpc) is 2.61. The summed E-state index contributed by atoms with van der Waals surface area (Å²) in [6, 6.07) is 17.0. The summed E-state index contributed by atoms with van der Waals surface area (Å²) in [6.45, 7) is 10.1. The number of hydrogen-bond donors (Lipinski definition) is 1. The van der Waals surface area contributed by atoms with Gasteiger partial charge in [0.25, 0.3) is 0 Å². The summed E-state index contributed by atoms with van der Waals surface area (Å²) >= 11 is 0. The first-order valence-electron chi connectivity index (χ1n) is 9.17. The van der Waals surface area contributed by atoms with Crippen molar-refractivity contribution < 1.29 is 4.79 Å². The second-order valence-corrected chi connectivity index (χ2v) is 6.81. The molecule has 0 unspecified atom stereocenters. The van der Waals surface area contributed by atoms with Gasteiger partial charge in [-0.15, -0.1) is 0 Å². The van der Waals surface area contributed by atoms with Crippen molar-refractivity contribution in [3.63, 3.8) is 0 Å². The van der Waals surface area contributed by atoms with Crippen LogP contribution in [0.2, 0.25) is 0 Å². The lowest BCUT2D eigenvalue weighted by Crippen LogP contribution is -2.33. The highest BCUT2D eigenvalue weighted by molar-refractivity contribution is 5.92. The third kappa shape index (κ3) is 5.71. The van der Waals surface area contributed by atoms with Gasteiger partial charge in [-0.2, -0.15) is 0 Å². The van der Waals surface area contributed by atoms with Crippen LogP contribution in [0.25, 0.3) is 0 Å². The summed E-state index contributed by atoms with van der Waals surface area (Å²) < 4.78 is 0. The molecule has 134 valence electrons. The largest absolute Gasteiger partial charge is 0.326 e. The van der Waals surface area contributed by atoms with E-state index in [1.165, 1.54) is 11.1 Å². The van der Waals surface area contributed by atoms with Crippen molar-refractivity contribution in [1.82, 2.24) is 4.90 Å². The summed E-state index contributed by atoms with van der Waals surface area (Å²) in [6.07, 6.45) is 1.42. The number of nitrogens with zero attached hydrogens (tertiary/aromatic N) is 1. The van der Waals surface area contributed by atoms with Crippen molar-refractivity contribution >= 4 is 11.6 Å². The zero-order valence-corrected chi connectivity index (χ0v) is 15.9. The highest BCUT2D eigenvalue weighted by Gasteiger charge is 2.14. The smallest absolute Gasteiger partial charge is 0.225 e. The van der Waals surface area contributed by atoms with Crippen molar-refractivity contribution in [2.45, 2.75) is 53.1 Å². The lowest BCUT2D eigenvalue weighted by molar-refractivity contribution is -0.116. The Hall–Kier alpha value is -2.13. The number of carbonyl (C=O) groups is 1. The molecule has 3 heteroatoms. The van der Waals surface area contributed by atoms with E-state index in [0.29, 0.717) is 12.5 Å². The van der Waals surface area contributed by atoms with Gasteiger partial charge in [-0.25, -0.2) is 0 Å². The molecule has 0 aliphatic carbocycles. The van der Waals surface area contributed by atoms with Crippen molar-refractivity contribution in [3.05, 3.63) is 65.2 Å². The van der Waals surface area contributed by atoms with Crippen LogP contribution in [0, 0.1) is 6.92 Å². The molecule has 1 N–H and O–H groups in total. The van der Waals surface area contributed by atoms with Crippen LogP contribution < -0.4 is 5.32 Å². The van der Waals surface area contributed by atoms with Crippen molar-refractivity contribution in [1.29, 1.82) is 0 Å². The van der Waals surface area contributed by atoms with Gasteiger partial charge in [-0.3, -0.25) is 9.69 Å². The van der Waals surface area contributed by atoms with Crippen LogP contribution >= 0.6 is 0 Å². The number of aryl methyl sites for hydroxylation is 2. The molecule has 0 fully saturated rings. The molecule has 3 nitrogen and oxygen atoms in total. The molecule has 0 aliphatic heterocycles. The molecular formula is C22H30N2O. The maximum absolute atomic E-state index is 12.5. The number of benzene rings is 2. The number of amides is 1. The number of carbonyl (C=O) groups excluding carboxylic acids is 1. The van der Waals surface area contributed by atoms with E-state index in [4.69, 9.17) is 0 Å². The number of anilines is 1. The van der Waals surface area contributed by atoms with E-state index >= 15 is 0 Å². The van der Waals surface area contributed by atoms with Gasteiger partial charge < -0.3 is 5.32 Å². The Morgan fingerprint density at radius 1 is 1.08 bits per heavy atom. The minimum Gasteiger partial charge on any atom is -0.326 e. The highest BCUT2D eigenvalue weighted by Crippen LogP contribution is 2.21. The second kappa shape index (κ2) is 9.38. The fraction of sp³-hybridized carbons (Fsp3) is 0.409. The molecule has 2 aromatic carbocycles. The first-order chi connectivity index (χ1) is 12.0. The van der Waals surface area contributed by atoms with Gasteiger partial charge in [0.2, 0.25) is 5.91 Å². The Kier molecular flexibility index (Phi) is 7.20. The number of para-hydroxylation sites is 1. The van der Waals surface area contributed by atoms with Crippen LogP contribution in [-0.4, -0.2) is 23.4 Å². The Labute approximate surface area is 152 Å². The molecule has 2 rings (SSSR count). The molecule has 2 aromatic rings. The first kappa shape index (κ1) is 19.2. The summed E-state index contributed by atoms with van der Waals surface area (Å²) in [7, 11) is 0. The fourth-order valence-electron chi connectivity index (χ4n) is 2.99. The zero-order valence-electron chi connectivity index (χ0n) is 15.9. The average molecular weight is 338 g/mol. The number of hydrogen-bond acceptors (Lipinski definition) is 2. The van der Waals surface area contributed by atoms with Gasteiger partial charge in [-0.1, -0.05) is 55.5 Å². The predicted molar refractivity (Wildman–Crippen MR) is 106 cm³/mol. The molecule has 0 bridgehead atoms. The first-order valence-corrected chi connectivity index (χ1v) is 9.17. The number of nitrogens with one attached hydrogen (secondary N) is 1. The summed E-state index contributed by atoms with van der Waals surface area (Å²) in [5, 5.41) is 3.12. The summed E-state index contributed by atoms with van der Waals surface area (Å²) in [5.74, 6) is 0.0858. The number of rotatable bonds is 8. The van der Waals surface area contributed by atoms with Crippen LogP contribution in [0.3, 0.4) is 0 Å². The van der Waals surface area contributed by atoms with E-state index in [2.05, 4.69) is 61.3 Å². The lowest BCUT2D eigenvalue weighted by atomic mass is 10.1. The topological polar surface area (TPSA) is 32.3 Å². The van der Waals surface area contributed by atoms with Gasteiger partial charge in [0.15, 0.2) is 0 Å². The predicted octanol–water partition coefficient (Wildman–Crippen LogP) is 4.80. The molecule has 25 heavy (non-hydrogen) atoms. The molecule has 0 atom stereocenters. The standard InChI is InChI=1S/C22H30N2O/c1-5-20-13-9-10-18(4)22(20)23-21(25)14-15-24(17(2)3)16-19-11-7-6-8-12-19/h6-13,17H,5,14-16H2,1-4H3,(H,23,25). The van der Waals surface area contributed by atoms with Gasteiger partial charge in [0.05, 0.1) is 0 Å². The maximum Gasteiger partial charge on any atom is 0.225 e. The summed E-state index contributed by atoms with van der Waals surface area (Å²) in [4.78, 5) is 14.8. The maximum atomic E-state index is 12.5. The minimum absolute atomic E-state index is 0.0858. The van der Waals surface area contributed by atoms with Crippen molar-refractivity contribution in [2.24, 2.45) is 0 Å². The van der Waals surface area contributed by atoms with E-state index in [0.717, 1.165) is 30.8 Å². The van der Waals surface area contributed by atoms with Gasteiger partial charge >= 0.3 is 0 Å². The van der Waals surface area contributed by atoms with Crippen LogP contribution in [-0.2, 0) is 17.8 Å². The second-order valence-electron chi connectivity index (χ2n) is 6.81. The molecule has 0 spiro atoms. The minimum atomic E-state index is 0.0858. The van der Waals surface area contributed by atoms with Crippen molar-refractivity contribution in [2.75, 3.05) is 11.9 Å². The van der Waals surface area contributed by atoms with E-state index in [-0.39, 0.29) is 5.91 Å². The Balaban J connectivity index is 1.95. The molecular weight excluding hydrogens is 308 g/mol.